The highest BCUT2D eigenvalue weighted by atomic mass is 19.1. The van der Waals surface area contributed by atoms with Gasteiger partial charge in [-0.1, -0.05) is 5.11 Å². The average Bonchev–Trinajstić information content (AvgIpc) is 3.07. The van der Waals surface area contributed by atoms with Crippen LogP contribution in [-0.4, -0.2) is 130 Å². The maximum atomic E-state index is 15.6. The lowest BCUT2D eigenvalue weighted by Gasteiger charge is -2.37. The van der Waals surface area contributed by atoms with Gasteiger partial charge in [0.25, 0.3) is 5.91 Å². The Labute approximate surface area is 296 Å². The maximum Gasteiger partial charge on any atom is 0.308 e. The van der Waals surface area contributed by atoms with Crippen LogP contribution in [0.2, 0.25) is 0 Å². The van der Waals surface area contributed by atoms with Crippen LogP contribution >= 0.6 is 0 Å². The highest BCUT2D eigenvalue weighted by Gasteiger charge is 2.31. The fourth-order valence-corrected chi connectivity index (χ4v) is 5.86. The van der Waals surface area contributed by atoms with Gasteiger partial charge in [0.15, 0.2) is 11.6 Å². The number of nitrogens with zero attached hydrogens (tertiary/aromatic N) is 7. The molecule has 0 unspecified atom stereocenters. The van der Waals surface area contributed by atoms with Gasteiger partial charge >= 0.3 is 5.97 Å². The van der Waals surface area contributed by atoms with Gasteiger partial charge < -0.3 is 43.5 Å². The van der Waals surface area contributed by atoms with Crippen LogP contribution in [0, 0.1) is 5.82 Å². The molecule has 1 fully saturated rings. The Kier molecular flexibility index (Phi) is 14.0. The first-order chi connectivity index (χ1) is 24.3. The lowest BCUT2D eigenvalue weighted by atomic mass is 10.0. The Bertz CT molecular complexity index is 1660. The molecule has 1 aromatic heterocycles. The number of hydrogen-bond acceptors (Lipinski definition) is 11. The van der Waals surface area contributed by atoms with Crippen LogP contribution in [0.4, 0.5) is 10.1 Å². The molecule has 1 saturated heterocycles. The quantitative estimate of drug-likeness (QED) is 0.0841. The summed E-state index contributed by atoms with van der Waals surface area (Å²) in [6.45, 7) is 11.1. The Morgan fingerprint density at radius 1 is 1.14 bits per heavy atom. The molecule has 17 heteroatoms. The summed E-state index contributed by atoms with van der Waals surface area (Å²) in [7, 11) is 2.01. The van der Waals surface area contributed by atoms with E-state index in [0.29, 0.717) is 36.5 Å². The third-order valence-corrected chi connectivity index (χ3v) is 8.44. The number of hydrogen-bond donors (Lipinski definition) is 1. The Balaban J connectivity index is 1.26. The van der Waals surface area contributed by atoms with Crippen LogP contribution in [-0.2, 0) is 23.8 Å². The summed E-state index contributed by atoms with van der Waals surface area (Å²) in [6, 6.07) is 1.02. The zero-order valence-corrected chi connectivity index (χ0v) is 30.1. The number of benzene rings is 1. The number of carbonyl (C=O) groups excluding carboxylic acids is 3. The highest BCUT2D eigenvalue weighted by Crippen LogP contribution is 2.42. The maximum absolute atomic E-state index is 15.6. The van der Waals surface area contributed by atoms with E-state index in [1.54, 1.807) is 20.8 Å². The van der Waals surface area contributed by atoms with Crippen LogP contribution in [0.15, 0.2) is 22.2 Å². The van der Waals surface area contributed by atoms with Crippen molar-refractivity contribution in [1.29, 1.82) is 0 Å². The van der Waals surface area contributed by atoms with E-state index >= 15 is 4.39 Å². The molecular weight excluding hydrogens is 667 g/mol. The van der Waals surface area contributed by atoms with E-state index in [4.69, 9.17) is 24.5 Å². The molecule has 2 amide bonds. The van der Waals surface area contributed by atoms with Crippen molar-refractivity contribution in [3.63, 3.8) is 0 Å². The van der Waals surface area contributed by atoms with Gasteiger partial charge in [-0.25, -0.2) is 4.39 Å². The second-order valence-electron chi connectivity index (χ2n) is 13.6. The molecule has 0 bridgehead atoms. The fraction of sp³-hybridized carbons (Fsp3) is 0.647. The number of pyridine rings is 1. The molecule has 1 N–H and O–H groups in total. The molecule has 0 saturated carbocycles. The first kappa shape index (κ1) is 39.3. The number of aromatic nitrogens is 1. The second kappa shape index (κ2) is 18.2. The minimum absolute atomic E-state index is 0.00953. The van der Waals surface area contributed by atoms with Crippen molar-refractivity contribution in [3.8, 4) is 5.75 Å². The van der Waals surface area contributed by atoms with Gasteiger partial charge in [0, 0.05) is 63.5 Å². The summed E-state index contributed by atoms with van der Waals surface area (Å²) in [5.41, 5.74) is 7.99. The molecule has 0 spiro atoms. The minimum atomic E-state index is -0.640. The number of anilines is 1. The van der Waals surface area contributed by atoms with Crippen molar-refractivity contribution in [2.75, 3.05) is 97.3 Å². The Morgan fingerprint density at radius 3 is 2.57 bits per heavy atom. The van der Waals surface area contributed by atoms with Gasteiger partial charge in [-0.3, -0.25) is 19.2 Å². The van der Waals surface area contributed by atoms with E-state index in [1.165, 1.54) is 17.2 Å². The standard InChI is InChI=1S/C34H49FN8O8/c1-23-21-50-32-29-24(19-26(35)30(32)42-14-12-40(5)13-15-42)31(46)25(20-43(23)29)33(47)37-9-16-48-17-18-49-22-27(44)41(10-6-8-38-39-36)11-7-28(45)51-34(2,3)4/h19-20,23H,6-18,21-22H2,1-5H3,(H,37,47)/t23-/m0/s1. The number of nitrogens with one attached hydrogen (secondary N) is 1. The van der Waals surface area contributed by atoms with Crippen molar-refractivity contribution in [1.82, 2.24) is 19.7 Å². The van der Waals surface area contributed by atoms with E-state index in [-0.39, 0.29) is 88.5 Å². The number of esters is 1. The molecule has 280 valence electrons. The van der Waals surface area contributed by atoms with E-state index < -0.39 is 28.7 Å². The predicted octanol–water partition coefficient (Wildman–Crippen LogP) is 2.87. The number of amides is 2. The van der Waals surface area contributed by atoms with Crippen LogP contribution in [0.1, 0.15) is 56.9 Å². The van der Waals surface area contributed by atoms with Gasteiger partial charge in [0.1, 0.15) is 30.1 Å². The molecule has 4 rings (SSSR count). The monoisotopic (exact) mass is 716 g/mol. The topological polar surface area (TPSA) is 181 Å². The number of azide groups is 1. The van der Waals surface area contributed by atoms with Gasteiger partial charge in [0.2, 0.25) is 11.3 Å². The molecule has 1 atom stereocenters. The molecule has 1 aromatic carbocycles. The number of carbonyl (C=O) groups is 3. The summed E-state index contributed by atoms with van der Waals surface area (Å²) < 4.78 is 39.7. The molecule has 3 heterocycles. The third-order valence-electron chi connectivity index (χ3n) is 8.44. The average molecular weight is 717 g/mol. The van der Waals surface area contributed by atoms with E-state index in [9.17, 15) is 19.2 Å². The van der Waals surface area contributed by atoms with Crippen LogP contribution in [0.25, 0.3) is 21.3 Å². The molecule has 0 radical (unpaired) electrons. The third kappa shape index (κ3) is 10.8. The first-order valence-electron chi connectivity index (χ1n) is 17.2. The molecule has 2 aliphatic rings. The lowest BCUT2D eigenvalue weighted by Crippen LogP contribution is -2.45. The van der Waals surface area contributed by atoms with Gasteiger partial charge in [0.05, 0.1) is 43.2 Å². The molecule has 16 nitrogen and oxygen atoms in total. The molecule has 2 aromatic rings. The highest BCUT2D eigenvalue weighted by molar-refractivity contribution is 6.00. The zero-order chi connectivity index (χ0) is 37.1. The van der Waals surface area contributed by atoms with Crippen molar-refractivity contribution in [2.45, 2.75) is 52.2 Å². The molecule has 51 heavy (non-hydrogen) atoms. The van der Waals surface area contributed by atoms with Crippen LogP contribution < -0.4 is 20.4 Å². The van der Waals surface area contributed by atoms with Crippen LogP contribution in [0.5, 0.6) is 5.75 Å². The second-order valence-corrected chi connectivity index (χ2v) is 13.6. The van der Waals surface area contributed by atoms with Crippen LogP contribution in [0.3, 0.4) is 0 Å². The van der Waals surface area contributed by atoms with Crippen molar-refractivity contribution >= 4 is 34.4 Å². The van der Waals surface area contributed by atoms with Gasteiger partial charge in [-0.2, -0.15) is 0 Å². The summed E-state index contributed by atoms with van der Waals surface area (Å²) >= 11 is 0. The lowest BCUT2D eigenvalue weighted by molar-refractivity contribution is -0.155. The van der Waals surface area contributed by atoms with Gasteiger partial charge in [-0.05, 0) is 52.8 Å². The van der Waals surface area contributed by atoms with Crippen molar-refractivity contribution in [3.05, 3.63) is 44.3 Å². The number of halogens is 1. The minimum Gasteiger partial charge on any atom is -0.487 e. The fourth-order valence-electron chi connectivity index (χ4n) is 5.86. The number of ether oxygens (including phenoxy) is 4. The van der Waals surface area contributed by atoms with E-state index in [2.05, 4.69) is 20.2 Å². The zero-order valence-electron chi connectivity index (χ0n) is 30.1. The molecular formula is C34H49FN8O8. The predicted molar refractivity (Wildman–Crippen MR) is 188 cm³/mol. The Hall–Kier alpha value is -4.44. The normalized spacial score (nSPS) is 16.0. The summed E-state index contributed by atoms with van der Waals surface area (Å²) in [5.74, 6) is -1.61. The summed E-state index contributed by atoms with van der Waals surface area (Å²) in [4.78, 5) is 59.8. The summed E-state index contributed by atoms with van der Waals surface area (Å²) in [6.07, 6.45) is 1.95. The smallest absolute Gasteiger partial charge is 0.308 e. The number of rotatable bonds is 17. The number of piperazine rings is 1. The van der Waals surface area contributed by atoms with Gasteiger partial charge in [-0.15, -0.1) is 0 Å². The number of likely N-dealkylation sites (N-methyl/N-ethyl adjacent to an activating group) is 1. The van der Waals surface area contributed by atoms with E-state index in [1.807, 2.05) is 23.4 Å². The summed E-state index contributed by atoms with van der Waals surface area (Å²) in [5, 5.41) is 6.26. The van der Waals surface area contributed by atoms with Crippen molar-refractivity contribution < 1.29 is 37.7 Å². The van der Waals surface area contributed by atoms with E-state index in [0.717, 1.165) is 13.1 Å². The van der Waals surface area contributed by atoms with Crippen molar-refractivity contribution in [2.24, 2.45) is 5.11 Å². The molecule has 0 aliphatic carbocycles. The molecule has 2 aliphatic heterocycles. The SMILES string of the molecule is C[C@H]1COc2c(N3CCN(C)CC3)c(F)cc3c(=O)c(C(=O)NCCOCCOCC(=O)N(CCCN=[N+]=[N-])CCC(=O)OC(C)(C)C)cn1c23. The first-order valence-corrected chi connectivity index (χ1v) is 17.2. The Morgan fingerprint density at radius 2 is 1.86 bits per heavy atom. The largest absolute Gasteiger partial charge is 0.487 e.